The second-order valence-electron chi connectivity index (χ2n) is 8.84. The van der Waals surface area contributed by atoms with Crippen LogP contribution in [-0.4, -0.2) is 50.9 Å². The molecule has 6 heteroatoms. The number of esters is 1. The Kier molecular flexibility index (Phi) is 6.02. The van der Waals surface area contributed by atoms with Crippen molar-refractivity contribution in [2.45, 2.75) is 45.2 Å². The van der Waals surface area contributed by atoms with Crippen molar-refractivity contribution in [2.75, 3.05) is 34.0 Å². The van der Waals surface area contributed by atoms with E-state index in [2.05, 4.69) is 23.1 Å². The van der Waals surface area contributed by atoms with Gasteiger partial charge in [-0.3, -0.25) is 4.90 Å². The third-order valence-electron chi connectivity index (χ3n) is 7.03. The maximum absolute atomic E-state index is 11.8. The van der Waals surface area contributed by atoms with Crippen LogP contribution >= 0.6 is 0 Å². The van der Waals surface area contributed by atoms with Crippen molar-refractivity contribution in [1.82, 2.24) is 4.90 Å². The fraction of sp³-hybridized carbons (Fsp3) is 0.444. The van der Waals surface area contributed by atoms with Gasteiger partial charge in [-0.2, -0.15) is 0 Å². The molecule has 3 aromatic rings. The van der Waals surface area contributed by atoms with Gasteiger partial charge in [-0.1, -0.05) is 12.5 Å². The van der Waals surface area contributed by atoms with E-state index in [-0.39, 0.29) is 12.6 Å². The first-order valence-corrected chi connectivity index (χ1v) is 11.8. The fourth-order valence-corrected chi connectivity index (χ4v) is 5.47. The number of ether oxygens (including phenoxy) is 4. The predicted octanol–water partition coefficient (Wildman–Crippen LogP) is 4.86. The fourth-order valence-electron chi connectivity index (χ4n) is 5.47. The molecule has 2 heterocycles. The van der Waals surface area contributed by atoms with Gasteiger partial charge in [0, 0.05) is 12.6 Å². The van der Waals surface area contributed by atoms with Crippen molar-refractivity contribution in [3.8, 4) is 17.2 Å². The standard InChI is InChI=1S/C27H31NO5/c1-4-32-27(29)16-33-18-8-9-19-21(12-18)23-14-26(31-3)25(30-2)13-22(23)20-11-17-7-5-6-10-28(17)15-24(19)20/h8-9,12-14,17H,4-7,10-11,15-16H2,1-3H3. The number of benzene rings is 3. The van der Waals surface area contributed by atoms with Crippen LogP contribution in [0.2, 0.25) is 0 Å². The lowest BCUT2D eigenvalue weighted by molar-refractivity contribution is -0.145. The molecule has 1 unspecified atom stereocenters. The van der Waals surface area contributed by atoms with Gasteiger partial charge in [-0.05, 0) is 89.7 Å². The van der Waals surface area contributed by atoms with Crippen molar-refractivity contribution >= 4 is 27.5 Å². The molecule has 1 fully saturated rings. The van der Waals surface area contributed by atoms with Gasteiger partial charge in [-0.25, -0.2) is 4.79 Å². The largest absolute Gasteiger partial charge is 0.493 e. The van der Waals surface area contributed by atoms with Crippen LogP contribution < -0.4 is 14.2 Å². The van der Waals surface area contributed by atoms with Crippen LogP contribution in [0.4, 0.5) is 0 Å². The van der Waals surface area contributed by atoms with Gasteiger partial charge < -0.3 is 18.9 Å². The summed E-state index contributed by atoms with van der Waals surface area (Å²) >= 11 is 0. The molecule has 0 N–H and O–H groups in total. The lowest BCUT2D eigenvalue weighted by Gasteiger charge is -2.41. The molecule has 0 bridgehead atoms. The Bertz CT molecular complexity index is 1200. The first kappa shape index (κ1) is 21.8. The molecular formula is C27H31NO5. The van der Waals surface area contributed by atoms with E-state index in [0.717, 1.165) is 36.0 Å². The van der Waals surface area contributed by atoms with Crippen molar-refractivity contribution in [3.63, 3.8) is 0 Å². The second kappa shape index (κ2) is 9.10. The van der Waals surface area contributed by atoms with Gasteiger partial charge in [0.2, 0.25) is 0 Å². The Labute approximate surface area is 194 Å². The summed E-state index contributed by atoms with van der Waals surface area (Å²) in [7, 11) is 3.35. The molecule has 3 aromatic carbocycles. The molecule has 0 radical (unpaired) electrons. The predicted molar refractivity (Wildman–Crippen MR) is 128 cm³/mol. The molecule has 6 nitrogen and oxygen atoms in total. The van der Waals surface area contributed by atoms with E-state index in [1.807, 2.05) is 12.1 Å². The SMILES string of the molecule is CCOC(=O)COc1ccc2c3c(c4cc(OC)c(OC)cc4c2c1)CC1CCCCN1C3. The van der Waals surface area contributed by atoms with Crippen LogP contribution in [0.1, 0.15) is 37.3 Å². The number of hydrogen-bond acceptors (Lipinski definition) is 6. The summed E-state index contributed by atoms with van der Waals surface area (Å²) in [6, 6.07) is 10.9. The van der Waals surface area contributed by atoms with Gasteiger partial charge >= 0.3 is 5.97 Å². The molecule has 1 atom stereocenters. The summed E-state index contributed by atoms with van der Waals surface area (Å²) in [5.74, 6) is 1.74. The summed E-state index contributed by atoms with van der Waals surface area (Å²) in [5, 5.41) is 4.66. The molecule has 5 rings (SSSR count). The summed E-state index contributed by atoms with van der Waals surface area (Å²) in [6.07, 6.45) is 4.89. The van der Waals surface area contributed by atoms with E-state index in [4.69, 9.17) is 18.9 Å². The highest BCUT2D eigenvalue weighted by Crippen LogP contribution is 2.44. The van der Waals surface area contributed by atoms with Gasteiger partial charge in [-0.15, -0.1) is 0 Å². The van der Waals surface area contributed by atoms with Gasteiger partial charge in [0.1, 0.15) is 5.75 Å². The minimum absolute atomic E-state index is 0.102. The third kappa shape index (κ3) is 3.97. The summed E-state index contributed by atoms with van der Waals surface area (Å²) in [4.78, 5) is 14.4. The minimum Gasteiger partial charge on any atom is -0.493 e. The molecule has 2 aliphatic rings. The van der Waals surface area contributed by atoms with Gasteiger partial charge in [0.15, 0.2) is 18.1 Å². The monoisotopic (exact) mass is 449 g/mol. The van der Waals surface area contributed by atoms with E-state index in [1.165, 1.54) is 41.2 Å². The number of methoxy groups -OCH3 is 2. The summed E-state index contributed by atoms with van der Waals surface area (Å²) in [6.45, 7) is 4.16. The molecular weight excluding hydrogens is 418 g/mol. The highest BCUT2D eigenvalue weighted by Gasteiger charge is 2.31. The Morgan fingerprint density at radius 2 is 1.73 bits per heavy atom. The highest BCUT2D eigenvalue weighted by atomic mass is 16.6. The summed E-state index contributed by atoms with van der Waals surface area (Å²) in [5.41, 5.74) is 2.81. The number of carbonyl (C=O) groups is 1. The topological polar surface area (TPSA) is 57.2 Å². The Balaban J connectivity index is 1.68. The van der Waals surface area contributed by atoms with Crippen LogP contribution in [0.15, 0.2) is 30.3 Å². The molecule has 0 aliphatic carbocycles. The van der Waals surface area contributed by atoms with Crippen molar-refractivity contribution in [1.29, 1.82) is 0 Å². The van der Waals surface area contributed by atoms with Crippen LogP contribution in [0.25, 0.3) is 21.5 Å². The number of fused-ring (bicyclic) bond motifs is 7. The average molecular weight is 450 g/mol. The summed E-state index contributed by atoms with van der Waals surface area (Å²) < 4.78 is 22.1. The van der Waals surface area contributed by atoms with Gasteiger partial charge in [0.25, 0.3) is 0 Å². The van der Waals surface area contributed by atoms with E-state index in [1.54, 1.807) is 21.1 Å². The lowest BCUT2D eigenvalue weighted by atomic mass is 9.82. The molecule has 174 valence electrons. The lowest BCUT2D eigenvalue weighted by Crippen LogP contribution is -2.43. The first-order chi connectivity index (χ1) is 16.1. The van der Waals surface area contributed by atoms with E-state index >= 15 is 0 Å². The molecule has 1 saturated heterocycles. The average Bonchev–Trinajstić information content (AvgIpc) is 2.85. The zero-order chi connectivity index (χ0) is 22.9. The Morgan fingerprint density at radius 1 is 0.970 bits per heavy atom. The molecule has 0 aromatic heterocycles. The number of rotatable bonds is 6. The zero-order valence-electron chi connectivity index (χ0n) is 19.6. The van der Waals surface area contributed by atoms with Crippen LogP contribution in [-0.2, 0) is 22.5 Å². The zero-order valence-corrected chi connectivity index (χ0v) is 19.6. The number of piperidine rings is 1. The molecule has 0 saturated carbocycles. The Morgan fingerprint density at radius 3 is 2.48 bits per heavy atom. The van der Waals surface area contributed by atoms with Crippen LogP contribution in [0.3, 0.4) is 0 Å². The second-order valence-corrected chi connectivity index (χ2v) is 8.84. The molecule has 2 aliphatic heterocycles. The molecule has 33 heavy (non-hydrogen) atoms. The molecule has 0 amide bonds. The van der Waals surface area contributed by atoms with Crippen molar-refractivity contribution in [2.24, 2.45) is 0 Å². The van der Waals surface area contributed by atoms with Crippen molar-refractivity contribution in [3.05, 3.63) is 41.5 Å². The maximum Gasteiger partial charge on any atom is 0.344 e. The van der Waals surface area contributed by atoms with E-state index < -0.39 is 0 Å². The quantitative estimate of drug-likeness (QED) is 0.396. The third-order valence-corrected chi connectivity index (χ3v) is 7.03. The minimum atomic E-state index is -0.365. The number of nitrogens with zero attached hydrogens (tertiary/aromatic N) is 1. The normalized spacial score (nSPS) is 18.0. The van der Waals surface area contributed by atoms with Crippen LogP contribution in [0.5, 0.6) is 17.2 Å². The van der Waals surface area contributed by atoms with Gasteiger partial charge in [0.05, 0.1) is 20.8 Å². The molecule has 0 spiro atoms. The van der Waals surface area contributed by atoms with Crippen molar-refractivity contribution < 1.29 is 23.7 Å². The first-order valence-electron chi connectivity index (χ1n) is 11.8. The van der Waals surface area contributed by atoms with E-state index in [9.17, 15) is 4.79 Å². The Hall–Kier alpha value is -2.99. The number of hydrogen-bond donors (Lipinski definition) is 0. The number of carbonyl (C=O) groups excluding carboxylic acids is 1. The highest BCUT2D eigenvalue weighted by molar-refractivity contribution is 6.12. The van der Waals surface area contributed by atoms with Crippen LogP contribution in [0, 0.1) is 0 Å². The van der Waals surface area contributed by atoms with E-state index in [0.29, 0.717) is 24.1 Å². The smallest absolute Gasteiger partial charge is 0.344 e. The maximum atomic E-state index is 11.8.